The van der Waals surface area contributed by atoms with Crippen LogP contribution in [0.4, 0.5) is 0 Å². The number of amides is 2. The third-order valence-corrected chi connectivity index (χ3v) is 3.30. The van der Waals surface area contributed by atoms with Gasteiger partial charge in [-0.1, -0.05) is 0 Å². The summed E-state index contributed by atoms with van der Waals surface area (Å²) in [6, 6.07) is 2.98. The van der Waals surface area contributed by atoms with Crippen molar-refractivity contribution in [2.24, 2.45) is 0 Å². The molecule has 108 valence electrons. The molecule has 1 aromatic heterocycles. The Balaban J connectivity index is 2.19. The van der Waals surface area contributed by atoms with Crippen molar-refractivity contribution in [3.05, 3.63) is 29.6 Å². The second-order valence-electron chi connectivity index (χ2n) is 4.80. The summed E-state index contributed by atoms with van der Waals surface area (Å²) in [6.45, 7) is 5.99. The van der Waals surface area contributed by atoms with E-state index in [9.17, 15) is 9.59 Å². The minimum atomic E-state index is -0.454. The fraction of sp³-hybridized carbons (Fsp3) is 0.500. The number of piperazine rings is 1. The highest BCUT2D eigenvalue weighted by Gasteiger charge is 2.32. The summed E-state index contributed by atoms with van der Waals surface area (Å²) in [5, 5.41) is 5.93. The Morgan fingerprint density at radius 3 is 3.05 bits per heavy atom. The van der Waals surface area contributed by atoms with Gasteiger partial charge in [0.1, 0.15) is 6.04 Å². The molecule has 1 aliphatic rings. The van der Waals surface area contributed by atoms with Crippen molar-refractivity contribution in [3.8, 4) is 0 Å². The van der Waals surface area contributed by atoms with Gasteiger partial charge in [0.25, 0.3) is 5.91 Å². The third-order valence-electron chi connectivity index (χ3n) is 3.30. The fourth-order valence-electron chi connectivity index (χ4n) is 2.32. The van der Waals surface area contributed by atoms with Crippen LogP contribution in [0.25, 0.3) is 0 Å². The van der Waals surface area contributed by atoms with E-state index in [1.165, 1.54) is 0 Å². The lowest BCUT2D eigenvalue weighted by Crippen LogP contribution is -2.59. The first-order chi connectivity index (χ1) is 9.63. The van der Waals surface area contributed by atoms with E-state index in [0.29, 0.717) is 31.7 Å². The van der Waals surface area contributed by atoms with Gasteiger partial charge in [-0.3, -0.25) is 14.6 Å². The molecule has 1 atom stereocenters. The molecule has 2 rings (SSSR count). The van der Waals surface area contributed by atoms with Gasteiger partial charge in [0.2, 0.25) is 5.91 Å². The second kappa shape index (κ2) is 6.47. The summed E-state index contributed by atoms with van der Waals surface area (Å²) in [7, 11) is 0. The number of nitrogens with one attached hydrogen (secondary N) is 2. The number of carbonyl (C=O) groups is 2. The van der Waals surface area contributed by atoms with Crippen LogP contribution in [0.2, 0.25) is 0 Å². The van der Waals surface area contributed by atoms with Gasteiger partial charge in [-0.2, -0.15) is 0 Å². The summed E-state index contributed by atoms with van der Waals surface area (Å²) in [6.07, 6.45) is 1.62. The summed E-state index contributed by atoms with van der Waals surface area (Å²) in [5.41, 5.74) is 1.37. The molecule has 2 amide bonds. The number of rotatable bonds is 3. The van der Waals surface area contributed by atoms with Crippen LogP contribution in [-0.4, -0.2) is 53.9 Å². The van der Waals surface area contributed by atoms with Gasteiger partial charge in [0, 0.05) is 43.6 Å². The number of hydrogen-bond donors (Lipinski definition) is 2. The van der Waals surface area contributed by atoms with Crippen LogP contribution in [0.15, 0.2) is 18.3 Å². The van der Waals surface area contributed by atoms with Gasteiger partial charge in [-0.15, -0.1) is 0 Å². The van der Waals surface area contributed by atoms with E-state index in [1.807, 2.05) is 13.8 Å². The molecule has 0 radical (unpaired) electrons. The van der Waals surface area contributed by atoms with Crippen molar-refractivity contribution in [1.82, 2.24) is 20.5 Å². The smallest absolute Gasteiger partial charge is 0.254 e. The van der Waals surface area contributed by atoms with Gasteiger partial charge >= 0.3 is 0 Å². The number of hydrogen-bond acceptors (Lipinski definition) is 4. The molecule has 6 nitrogen and oxygen atoms in total. The Bertz CT molecular complexity index is 504. The summed E-state index contributed by atoms with van der Waals surface area (Å²) < 4.78 is 0. The van der Waals surface area contributed by atoms with Crippen LogP contribution in [0.1, 0.15) is 23.0 Å². The van der Waals surface area contributed by atoms with Crippen molar-refractivity contribution in [3.63, 3.8) is 0 Å². The van der Waals surface area contributed by atoms with Gasteiger partial charge < -0.3 is 15.5 Å². The van der Waals surface area contributed by atoms with E-state index in [2.05, 4.69) is 15.6 Å². The topological polar surface area (TPSA) is 74.3 Å². The lowest BCUT2D eigenvalue weighted by Gasteiger charge is -2.35. The van der Waals surface area contributed by atoms with Gasteiger partial charge in [0.05, 0.1) is 0 Å². The highest BCUT2D eigenvalue weighted by atomic mass is 16.2. The zero-order valence-corrected chi connectivity index (χ0v) is 11.8. The van der Waals surface area contributed by atoms with Crippen LogP contribution < -0.4 is 10.6 Å². The standard InChI is InChI=1S/C14H20N4O2/c1-3-16-13(19)12-9-15-6-7-18(12)14(20)11-4-5-17-10(2)8-11/h4-5,8,12,15H,3,6-7,9H2,1-2H3,(H,16,19). The molecule has 1 unspecified atom stereocenters. The molecule has 20 heavy (non-hydrogen) atoms. The number of carbonyl (C=O) groups excluding carboxylic acids is 2. The predicted molar refractivity (Wildman–Crippen MR) is 75.4 cm³/mol. The molecule has 6 heteroatoms. The first-order valence-electron chi connectivity index (χ1n) is 6.85. The highest BCUT2D eigenvalue weighted by molar-refractivity contribution is 5.97. The molecule has 1 aromatic rings. The van der Waals surface area contributed by atoms with Crippen LogP contribution in [0.3, 0.4) is 0 Å². The van der Waals surface area contributed by atoms with Crippen molar-refractivity contribution in [2.75, 3.05) is 26.2 Å². The molecule has 1 saturated heterocycles. The quantitative estimate of drug-likeness (QED) is 0.811. The van der Waals surface area contributed by atoms with Crippen LogP contribution in [0, 0.1) is 6.92 Å². The van der Waals surface area contributed by atoms with Crippen molar-refractivity contribution in [1.29, 1.82) is 0 Å². The van der Waals surface area contributed by atoms with Crippen LogP contribution in [0.5, 0.6) is 0 Å². The van der Waals surface area contributed by atoms with Crippen molar-refractivity contribution < 1.29 is 9.59 Å². The summed E-state index contributed by atoms with van der Waals surface area (Å²) >= 11 is 0. The average Bonchev–Trinajstić information content (AvgIpc) is 2.47. The maximum atomic E-state index is 12.6. The largest absolute Gasteiger partial charge is 0.355 e. The molecule has 2 heterocycles. The zero-order valence-electron chi connectivity index (χ0n) is 11.8. The SMILES string of the molecule is CCNC(=O)C1CNCCN1C(=O)c1ccnc(C)c1. The van der Waals surface area contributed by atoms with E-state index >= 15 is 0 Å². The van der Waals surface area contributed by atoms with Gasteiger partial charge in [0.15, 0.2) is 0 Å². The Kier molecular flexibility index (Phi) is 4.68. The number of pyridine rings is 1. The zero-order chi connectivity index (χ0) is 14.5. The third kappa shape index (κ3) is 3.14. The summed E-state index contributed by atoms with van der Waals surface area (Å²) in [5.74, 6) is -0.230. The van der Waals surface area contributed by atoms with E-state index in [1.54, 1.807) is 23.2 Å². The maximum absolute atomic E-state index is 12.6. The Labute approximate surface area is 118 Å². The minimum Gasteiger partial charge on any atom is -0.355 e. The number of likely N-dealkylation sites (N-methyl/N-ethyl adjacent to an activating group) is 1. The number of nitrogens with zero attached hydrogens (tertiary/aromatic N) is 2. The highest BCUT2D eigenvalue weighted by Crippen LogP contribution is 2.11. The van der Waals surface area contributed by atoms with E-state index in [0.717, 1.165) is 5.69 Å². The molecule has 2 N–H and O–H groups in total. The fourth-order valence-corrected chi connectivity index (χ4v) is 2.32. The normalized spacial score (nSPS) is 18.7. The number of aryl methyl sites for hydroxylation is 1. The molecular formula is C14H20N4O2. The van der Waals surface area contributed by atoms with E-state index in [4.69, 9.17) is 0 Å². The van der Waals surface area contributed by atoms with E-state index < -0.39 is 6.04 Å². The molecule has 0 aliphatic carbocycles. The van der Waals surface area contributed by atoms with Crippen molar-refractivity contribution >= 4 is 11.8 Å². The molecule has 1 aliphatic heterocycles. The van der Waals surface area contributed by atoms with Crippen LogP contribution in [-0.2, 0) is 4.79 Å². The molecule has 0 spiro atoms. The lowest BCUT2D eigenvalue weighted by molar-refractivity contribution is -0.126. The Morgan fingerprint density at radius 1 is 1.55 bits per heavy atom. The molecule has 0 saturated carbocycles. The van der Waals surface area contributed by atoms with Crippen LogP contribution >= 0.6 is 0 Å². The van der Waals surface area contributed by atoms with Crippen molar-refractivity contribution in [2.45, 2.75) is 19.9 Å². The van der Waals surface area contributed by atoms with E-state index in [-0.39, 0.29) is 11.8 Å². The van der Waals surface area contributed by atoms with Gasteiger partial charge in [-0.25, -0.2) is 0 Å². The lowest BCUT2D eigenvalue weighted by atomic mass is 10.1. The Hall–Kier alpha value is -1.95. The Morgan fingerprint density at radius 2 is 2.35 bits per heavy atom. The average molecular weight is 276 g/mol. The minimum absolute atomic E-state index is 0.112. The van der Waals surface area contributed by atoms with Gasteiger partial charge in [-0.05, 0) is 26.0 Å². The molecule has 0 aromatic carbocycles. The maximum Gasteiger partial charge on any atom is 0.254 e. The predicted octanol–water partition coefficient (Wildman–Crippen LogP) is -0.0599. The first-order valence-corrected chi connectivity index (χ1v) is 6.85. The first kappa shape index (κ1) is 14.5. The molecule has 0 bridgehead atoms. The molecule has 1 fully saturated rings. The second-order valence-corrected chi connectivity index (χ2v) is 4.80. The number of aromatic nitrogens is 1. The summed E-state index contributed by atoms with van der Waals surface area (Å²) in [4.78, 5) is 30.3. The monoisotopic (exact) mass is 276 g/mol. The molecular weight excluding hydrogens is 256 g/mol.